The Labute approximate surface area is 174 Å². The number of hydrogen-bond donors (Lipinski definition) is 3. The van der Waals surface area contributed by atoms with Crippen LogP contribution in [0.15, 0.2) is 6.20 Å². The molecule has 2 aromatic rings. The molecule has 3 rings (SSSR count). The fourth-order valence-electron chi connectivity index (χ4n) is 3.43. The molecule has 0 saturated carbocycles. The Morgan fingerprint density at radius 3 is 2.77 bits per heavy atom. The number of alkyl halides is 3. The molecular weight excluding hydrogens is 429 g/mol. The van der Waals surface area contributed by atoms with Crippen LogP contribution in [0, 0.1) is 13.8 Å². The Morgan fingerprint density at radius 1 is 1.43 bits per heavy atom. The van der Waals surface area contributed by atoms with Gasteiger partial charge in [0.15, 0.2) is 0 Å². The SMILES string of the molecule is Cc1cnc(CN2CC(CC(=O)NO)c3c(Cl)nc(N)nc32)c(C)c1OC(F)(F)F. The van der Waals surface area contributed by atoms with Gasteiger partial charge < -0.3 is 15.4 Å². The van der Waals surface area contributed by atoms with Crippen LogP contribution in [0.4, 0.5) is 24.9 Å². The zero-order chi connectivity index (χ0) is 22.2. The number of carbonyl (C=O) groups excluding carboxylic acids is 1. The Kier molecular flexibility index (Phi) is 5.90. The number of aromatic nitrogens is 3. The van der Waals surface area contributed by atoms with Crippen LogP contribution >= 0.6 is 11.6 Å². The highest BCUT2D eigenvalue weighted by Crippen LogP contribution is 2.42. The van der Waals surface area contributed by atoms with Gasteiger partial charge in [0.05, 0.1) is 12.2 Å². The molecule has 1 aliphatic rings. The molecule has 0 aromatic carbocycles. The standard InChI is InChI=1S/C17H18ClF3N6O3/c1-7-4-23-10(8(2)13(7)30-17(19,20)21)6-27-5-9(3-11(28)26-29)12-14(18)24-16(22)25-15(12)27/h4,9,29H,3,5-6H2,1-2H3,(H,26,28)(H2,22,24,25). The number of fused-ring (bicyclic) bond motifs is 1. The van der Waals surface area contributed by atoms with Crippen LogP contribution in [0.3, 0.4) is 0 Å². The summed E-state index contributed by atoms with van der Waals surface area (Å²) in [4.78, 5) is 25.7. The molecule has 0 bridgehead atoms. The van der Waals surface area contributed by atoms with E-state index >= 15 is 0 Å². The first-order valence-corrected chi connectivity index (χ1v) is 9.09. The summed E-state index contributed by atoms with van der Waals surface area (Å²) in [6.45, 7) is 3.25. The molecule has 1 aliphatic heterocycles. The number of halogens is 4. The zero-order valence-corrected chi connectivity index (χ0v) is 16.7. The molecule has 0 fully saturated rings. The molecule has 0 spiro atoms. The molecule has 1 amide bonds. The van der Waals surface area contributed by atoms with E-state index < -0.39 is 18.2 Å². The van der Waals surface area contributed by atoms with E-state index in [2.05, 4.69) is 19.7 Å². The summed E-state index contributed by atoms with van der Waals surface area (Å²) < 4.78 is 42.5. The van der Waals surface area contributed by atoms with Gasteiger partial charge in [-0.2, -0.15) is 4.98 Å². The van der Waals surface area contributed by atoms with Gasteiger partial charge in [0.25, 0.3) is 0 Å². The van der Waals surface area contributed by atoms with Crippen molar-refractivity contribution >= 4 is 29.3 Å². The number of nitrogens with zero attached hydrogens (tertiary/aromatic N) is 4. The minimum absolute atomic E-state index is 0.0606. The second-order valence-electron chi connectivity index (χ2n) is 6.82. The molecule has 30 heavy (non-hydrogen) atoms. The first-order valence-electron chi connectivity index (χ1n) is 8.71. The summed E-state index contributed by atoms with van der Waals surface area (Å²) in [5.41, 5.74) is 8.50. The summed E-state index contributed by atoms with van der Waals surface area (Å²) in [5.74, 6) is -1.15. The molecule has 1 atom stereocenters. The lowest BCUT2D eigenvalue weighted by Gasteiger charge is -2.21. The van der Waals surface area contributed by atoms with Gasteiger partial charge in [0.2, 0.25) is 11.9 Å². The van der Waals surface area contributed by atoms with E-state index in [0.717, 1.165) is 0 Å². The number of carbonyl (C=O) groups is 1. The van der Waals surface area contributed by atoms with E-state index in [1.54, 1.807) is 10.4 Å². The number of aryl methyl sites for hydroxylation is 1. The lowest BCUT2D eigenvalue weighted by molar-refractivity contribution is -0.275. The number of ether oxygens (including phenoxy) is 1. The molecule has 3 heterocycles. The predicted molar refractivity (Wildman–Crippen MR) is 100 cm³/mol. The van der Waals surface area contributed by atoms with Crippen LogP contribution in [-0.2, 0) is 11.3 Å². The summed E-state index contributed by atoms with van der Waals surface area (Å²) in [6, 6.07) is 0. The number of rotatable bonds is 5. The largest absolute Gasteiger partial charge is 0.573 e. The Bertz CT molecular complexity index is 988. The average Bonchev–Trinajstić information content (AvgIpc) is 2.97. The van der Waals surface area contributed by atoms with E-state index in [1.165, 1.54) is 20.0 Å². The van der Waals surface area contributed by atoms with Gasteiger partial charge in [-0.25, -0.2) is 10.5 Å². The van der Waals surface area contributed by atoms with Gasteiger partial charge in [-0.15, -0.1) is 13.2 Å². The number of hydrogen-bond acceptors (Lipinski definition) is 8. The van der Waals surface area contributed by atoms with Crippen molar-refractivity contribution in [3.05, 3.63) is 33.7 Å². The predicted octanol–water partition coefficient (Wildman–Crippen LogP) is 2.62. The number of nitrogen functional groups attached to an aromatic ring is 1. The molecule has 0 aliphatic carbocycles. The van der Waals surface area contributed by atoms with E-state index in [9.17, 15) is 18.0 Å². The normalized spacial score (nSPS) is 15.8. The van der Waals surface area contributed by atoms with Crippen molar-refractivity contribution in [2.45, 2.75) is 39.1 Å². The first-order chi connectivity index (χ1) is 14.0. The van der Waals surface area contributed by atoms with Crippen LogP contribution in [0.25, 0.3) is 0 Å². The van der Waals surface area contributed by atoms with E-state index in [4.69, 9.17) is 22.5 Å². The van der Waals surface area contributed by atoms with E-state index in [0.29, 0.717) is 17.1 Å². The molecule has 0 saturated heterocycles. The number of anilines is 2. The lowest BCUT2D eigenvalue weighted by Crippen LogP contribution is -2.26. The van der Waals surface area contributed by atoms with Crippen molar-refractivity contribution in [1.82, 2.24) is 20.4 Å². The molecule has 162 valence electrons. The molecule has 9 nitrogen and oxygen atoms in total. The molecule has 2 aromatic heterocycles. The van der Waals surface area contributed by atoms with E-state index in [-0.39, 0.29) is 47.5 Å². The van der Waals surface area contributed by atoms with Gasteiger partial charge in [0, 0.05) is 41.8 Å². The minimum Gasteiger partial charge on any atom is -0.405 e. The van der Waals surface area contributed by atoms with Crippen LogP contribution < -0.4 is 20.9 Å². The lowest BCUT2D eigenvalue weighted by atomic mass is 10.0. The van der Waals surface area contributed by atoms with Crippen molar-refractivity contribution in [3.63, 3.8) is 0 Å². The third kappa shape index (κ3) is 4.49. The van der Waals surface area contributed by atoms with Crippen molar-refractivity contribution in [1.29, 1.82) is 0 Å². The highest BCUT2D eigenvalue weighted by Gasteiger charge is 2.36. The van der Waals surface area contributed by atoms with Gasteiger partial charge in [-0.05, 0) is 13.8 Å². The Morgan fingerprint density at radius 2 is 2.13 bits per heavy atom. The summed E-state index contributed by atoms with van der Waals surface area (Å²) >= 11 is 6.20. The van der Waals surface area contributed by atoms with Gasteiger partial charge >= 0.3 is 6.36 Å². The highest BCUT2D eigenvalue weighted by atomic mass is 35.5. The van der Waals surface area contributed by atoms with E-state index in [1.807, 2.05) is 0 Å². The van der Waals surface area contributed by atoms with Crippen molar-refractivity contribution < 1.29 is 27.9 Å². The molecule has 1 unspecified atom stereocenters. The monoisotopic (exact) mass is 446 g/mol. The minimum atomic E-state index is -4.84. The van der Waals surface area contributed by atoms with Crippen LogP contribution in [0.1, 0.15) is 34.7 Å². The third-order valence-electron chi connectivity index (χ3n) is 4.71. The van der Waals surface area contributed by atoms with Crippen molar-refractivity contribution in [2.24, 2.45) is 0 Å². The van der Waals surface area contributed by atoms with Gasteiger partial charge in [-0.1, -0.05) is 11.6 Å². The highest BCUT2D eigenvalue weighted by molar-refractivity contribution is 6.30. The van der Waals surface area contributed by atoms with Crippen LogP contribution in [-0.4, -0.2) is 39.0 Å². The third-order valence-corrected chi connectivity index (χ3v) is 4.99. The van der Waals surface area contributed by atoms with Crippen LogP contribution in [0.5, 0.6) is 5.75 Å². The summed E-state index contributed by atoms with van der Waals surface area (Å²) in [5, 5.41) is 8.89. The van der Waals surface area contributed by atoms with Crippen molar-refractivity contribution in [3.8, 4) is 5.75 Å². The summed E-state index contributed by atoms with van der Waals surface area (Å²) in [7, 11) is 0. The topological polar surface area (TPSA) is 126 Å². The zero-order valence-electron chi connectivity index (χ0n) is 15.9. The smallest absolute Gasteiger partial charge is 0.405 e. The number of nitrogens with two attached hydrogens (primary N) is 1. The molecule has 13 heteroatoms. The second kappa shape index (κ2) is 8.11. The molecular formula is C17H18ClF3N6O3. The Hall–Kier alpha value is -2.86. The number of amides is 1. The maximum absolute atomic E-state index is 12.8. The maximum atomic E-state index is 12.8. The van der Waals surface area contributed by atoms with Gasteiger partial charge in [-0.3, -0.25) is 15.0 Å². The quantitative estimate of drug-likeness (QED) is 0.363. The molecule has 4 N–H and O–H groups in total. The van der Waals surface area contributed by atoms with Crippen molar-refractivity contribution in [2.75, 3.05) is 17.2 Å². The number of hydroxylamine groups is 1. The number of pyridine rings is 1. The Balaban J connectivity index is 1.96. The average molecular weight is 447 g/mol. The fourth-order valence-corrected chi connectivity index (χ4v) is 3.75. The number of nitrogens with one attached hydrogen (secondary N) is 1. The second-order valence-corrected chi connectivity index (χ2v) is 7.17. The summed E-state index contributed by atoms with van der Waals surface area (Å²) in [6.07, 6.45) is -3.65. The van der Waals surface area contributed by atoms with Crippen LogP contribution in [0.2, 0.25) is 5.15 Å². The molecule has 0 radical (unpaired) electrons. The fraction of sp³-hybridized carbons (Fsp3) is 0.412. The first kappa shape index (κ1) is 21.8. The van der Waals surface area contributed by atoms with Gasteiger partial charge in [0.1, 0.15) is 16.7 Å². The maximum Gasteiger partial charge on any atom is 0.573 e.